The van der Waals surface area contributed by atoms with E-state index >= 15 is 0 Å². The van der Waals surface area contributed by atoms with E-state index in [2.05, 4.69) is 10.3 Å². The van der Waals surface area contributed by atoms with Gasteiger partial charge in [0, 0.05) is 28.7 Å². The Labute approximate surface area is 192 Å². The summed E-state index contributed by atoms with van der Waals surface area (Å²) in [7, 11) is -3.36. The van der Waals surface area contributed by atoms with Crippen molar-refractivity contribution < 1.29 is 31.9 Å². The predicted octanol–water partition coefficient (Wildman–Crippen LogP) is 4.70. The second-order valence-corrected chi connectivity index (χ2v) is 10.6. The highest BCUT2D eigenvalue weighted by Gasteiger charge is 2.24. The van der Waals surface area contributed by atoms with Gasteiger partial charge >= 0.3 is 5.97 Å². The van der Waals surface area contributed by atoms with Gasteiger partial charge in [0.25, 0.3) is 0 Å². The molecule has 8 nitrogen and oxygen atoms in total. The van der Waals surface area contributed by atoms with Gasteiger partial charge in [0.1, 0.15) is 41.0 Å². The van der Waals surface area contributed by atoms with Gasteiger partial charge in [0.05, 0.1) is 16.4 Å². The number of sulfone groups is 1. The largest absolute Gasteiger partial charge is 0.485 e. The summed E-state index contributed by atoms with van der Waals surface area (Å²) in [5.41, 5.74) is 1.48. The van der Waals surface area contributed by atoms with E-state index in [0.717, 1.165) is 11.3 Å². The molecular formula is C22H19FN2O6S2. The third-order valence-corrected chi connectivity index (χ3v) is 6.17. The van der Waals surface area contributed by atoms with Gasteiger partial charge in [-0.25, -0.2) is 22.6 Å². The molecule has 11 heteroatoms. The highest BCUT2D eigenvalue weighted by molar-refractivity contribution is 7.90. The number of nitrogens with zero attached hydrogens (tertiary/aromatic N) is 1. The number of carbonyl (C=O) groups is 1. The lowest BCUT2D eigenvalue weighted by molar-refractivity contribution is 0.0699. The Kier molecular flexibility index (Phi) is 6.09. The zero-order chi connectivity index (χ0) is 23.8. The van der Waals surface area contributed by atoms with Gasteiger partial charge in [-0.15, -0.1) is 11.3 Å². The molecule has 2 aromatic heterocycles. The Bertz CT molecular complexity index is 1440. The topological polar surface area (TPSA) is 119 Å². The summed E-state index contributed by atoms with van der Waals surface area (Å²) in [5.74, 6) is -1.76. The van der Waals surface area contributed by atoms with Gasteiger partial charge in [0.15, 0.2) is 9.84 Å². The maximum Gasteiger partial charge on any atom is 0.340 e. The summed E-state index contributed by atoms with van der Waals surface area (Å²) in [5, 5.41) is 15.6. The highest BCUT2D eigenvalue weighted by Crippen LogP contribution is 2.39. The molecule has 0 spiro atoms. The van der Waals surface area contributed by atoms with Crippen LogP contribution in [-0.2, 0) is 16.4 Å². The number of thiazole rings is 1. The van der Waals surface area contributed by atoms with E-state index in [0.29, 0.717) is 16.9 Å². The fraction of sp³-hybridized carbons (Fsp3) is 0.182. The van der Waals surface area contributed by atoms with Crippen LogP contribution < -0.4 is 10.1 Å². The minimum absolute atomic E-state index is 0.0545. The Morgan fingerprint density at radius 1 is 1.27 bits per heavy atom. The number of ether oxygens (including phenoxy) is 1. The number of furan rings is 1. The zero-order valence-corrected chi connectivity index (χ0v) is 19.2. The molecule has 33 heavy (non-hydrogen) atoms. The van der Waals surface area contributed by atoms with E-state index in [1.165, 1.54) is 47.7 Å². The molecule has 2 N–H and O–H groups in total. The van der Waals surface area contributed by atoms with Crippen LogP contribution in [0.4, 0.5) is 10.1 Å². The quantitative estimate of drug-likeness (QED) is 0.365. The van der Waals surface area contributed by atoms with E-state index in [9.17, 15) is 22.7 Å². The molecular weight excluding hydrogens is 471 g/mol. The average Bonchev–Trinajstić information content (AvgIpc) is 3.33. The van der Waals surface area contributed by atoms with Crippen molar-refractivity contribution in [1.29, 1.82) is 0 Å². The number of halogens is 1. The van der Waals surface area contributed by atoms with Crippen LogP contribution in [-0.4, -0.2) is 36.6 Å². The summed E-state index contributed by atoms with van der Waals surface area (Å²) in [4.78, 5) is 16.4. The molecule has 0 unspecified atom stereocenters. The number of anilines is 1. The van der Waals surface area contributed by atoms with E-state index in [4.69, 9.17) is 9.15 Å². The van der Waals surface area contributed by atoms with Crippen LogP contribution in [0.5, 0.6) is 5.75 Å². The number of hydrogen-bond acceptors (Lipinski definition) is 8. The van der Waals surface area contributed by atoms with Crippen LogP contribution >= 0.6 is 11.3 Å². The predicted molar refractivity (Wildman–Crippen MR) is 123 cm³/mol. The fourth-order valence-electron chi connectivity index (χ4n) is 3.23. The van der Waals surface area contributed by atoms with Gasteiger partial charge in [0.2, 0.25) is 0 Å². The van der Waals surface area contributed by atoms with Crippen molar-refractivity contribution in [3.63, 3.8) is 0 Å². The molecule has 4 rings (SSSR count). The molecule has 0 bridgehead atoms. The third-order valence-electron chi connectivity index (χ3n) is 4.68. The van der Waals surface area contributed by atoms with Crippen molar-refractivity contribution in [1.82, 2.24) is 4.98 Å². The minimum Gasteiger partial charge on any atom is -0.485 e. The average molecular weight is 491 g/mol. The van der Waals surface area contributed by atoms with Crippen molar-refractivity contribution >= 4 is 43.8 Å². The first-order valence-corrected chi connectivity index (χ1v) is 12.6. The molecule has 4 aromatic rings. The summed E-state index contributed by atoms with van der Waals surface area (Å²) < 4.78 is 48.4. The number of benzene rings is 2. The summed E-state index contributed by atoms with van der Waals surface area (Å²) >= 11 is 1.46. The number of carboxylic acids is 1. The Morgan fingerprint density at radius 3 is 2.61 bits per heavy atom. The smallest absolute Gasteiger partial charge is 0.340 e. The monoisotopic (exact) mass is 490 g/mol. The lowest BCUT2D eigenvalue weighted by atomic mass is 10.0. The summed E-state index contributed by atoms with van der Waals surface area (Å²) in [6, 6.07) is 8.23. The van der Waals surface area contributed by atoms with Crippen molar-refractivity contribution in [2.24, 2.45) is 0 Å². The minimum atomic E-state index is -3.36. The van der Waals surface area contributed by atoms with E-state index in [-0.39, 0.29) is 40.5 Å². The summed E-state index contributed by atoms with van der Waals surface area (Å²) in [6.45, 7) is 1.97. The molecule has 2 aromatic carbocycles. The van der Waals surface area contributed by atoms with Crippen molar-refractivity contribution in [3.05, 3.63) is 63.9 Å². The fourth-order valence-corrected chi connectivity index (χ4v) is 4.25. The van der Waals surface area contributed by atoms with Crippen LogP contribution in [0.25, 0.3) is 22.3 Å². The van der Waals surface area contributed by atoms with Gasteiger partial charge in [-0.05, 0) is 37.3 Å². The SMILES string of the molecule is Cc1nc(COc2cc3c(C(=O)O)c(-c4ccc(F)cc4)oc3cc2NCS(C)(=O)=O)cs1. The molecule has 0 amide bonds. The van der Waals surface area contributed by atoms with Crippen LogP contribution in [0, 0.1) is 12.7 Å². The molecule has 0 aliphatic carbocycles. The van der Waals surface area contributed by atoms with Gasteiger partial charge in [-0.3, -0.25) is 0 Å². The first-order chi connectivity index (χ1) is 15.6. The number of nitrogens with one attached hydrogen (secondary N) is 1. The zero-order valence-electron chi connectivity index (χ0n) is 17.6. The number of hydrogen-bond donors (Lipinski definition) is 2. The van der Waals surface area contributed by atoms with E-state index in [1.54, 1.807) is 0 Å². The van der Waals surface area contributed by atoms with Gasteiger partial charge in [-0.2, -0.15) is 0 Å². The van der Waals surface area contributed by atoms with E-state index < -0.39 is 21.6 Å². The highest BCUT2D eigenvalue weighted by atomic mass is 32.2. The van der Waals surface area contributed by atoms with Crippen molar-refractivity contribution in [2.45, 2.75) is 13.5 Å². The number of aromatic carboxylic acids is 1. The maximum absolute atomic E-state index is 13.4. The number of carboxylic acid groups (broad SMARTS) is 1. The molecule has 0 aliphatic heterocycles. The molecule has 0 saturated heterocycles. The lowest BCUT2D eigenvalue weighted by Crippen LogP contribution is -2.13. The molecule has 0 radical (unpaired) electrons. The van der Waals surface area contributed by atoms with E-state index in [1.807, 2.05) is 12.3 Å². The van der Waals surface area contributed by atoms with Crippen molar-refractivity contribution in [2.75, 3.05) is 17.4 Å². The third kappa shape index (κ3) is 5.15. The van der Waals surface area contributed by atoms with Crippen molar-refractivity contribution in [3.8, 4) is 17.1 Å². The van der Waals surface area contributed by atoms with Crippen LogP contribution in [0.2, 0.25) is 0 Å². The first-order valence-electron chi connectivity index (χ1n) is 9.66. The Balaban J connectivity index is 1.82. The lowest BCUT2D eigenvalue weighted by Gasteiger charge is -2.12. The standard InChI is InChI=1S/C22H19FN2O6S2/c1-12-25-15(10-32-12)9-30-19-7-16-18(8-17(19)24-11-33(2,28)29)31-21(20(16)22(26)27)13-3-5-14(23)6-4-13/h3-8,10,24H,9,11H2,1-2H3,(H,26,27). The van der Waals surface area contributed by atoms with Gasteiger partial charge in [-0.1, -0.05) is 0 Å². The number of rotatable bonds is 8. The number of aryl methyl sites for hydroxylation is 1. The van der Waals surface area contributed by atoms with Crippen LogP contribution in [0.15, 0.2) is 46.2 Å². The molecule has 0 atom stereocenters. The van der Waals surface area contributed by atoms with Gasteiger partial charge < -0.3 is 19.6 Å². The second kappa shape index (κ2) is 8.83. The summed E-state index contributed by atoms with van der Waals surface area (Å²) in [6.07, 6.45) is 1.08. The normalized spacial score (nSPS) is 11.6. The second-order valence-electron chi connectivity index (χ2n) is 7.36. The molecule has 2 heterocycles. The Morgan fingerprint density at radius 2 is 2.00 bits per heavy atom. The Hall–Kier alpha value is -3.44. The molecule has 0 fully saturated rings. The number of fused-ring (bicyclic) bond motifs is 1. The molecule has 172 valence electrons. The maximum atomic E-state index is 13.4. The van der Waals surface area contributed by atoms with Crippen LogP contribution in [0.3, 0.4) is 0 Å². The first kappa shape index (κ1) is 22.7. The molecule has 0 saturated carbocycles. The van der Waals surface area contributed by atoms with Crippen LogP contribution in [0.1, 0.15) is 21.1 Å². The molecule has 0 aliphatic rings. The number of aromatic nitrogens is 1.